The van der Waals surface area contributed by atoms with Crippen LogP contribution in [0.3, 0.4) is 0 Å². The van der Waals surface area contributed by atoms with Gasteiger partial charge in [0, 0.05) is 32.1 Å². The second-order valence-electron chi connectivity index (χ2n) is 7.02. The molecule has 2 fully saturated rings. The molecule has 0 aromatic heterocycles. The van der Waals surface area contributed by atoms with Gasteiger partial charge >= 0.3 is 0 Å². The number of hydrogen-bond acceptors (Lipinski definition) is 2. The molecule has 0 aromatic carbocycles. The van der Waals surface area contributed by atoms with Crippen LogP contribution in [0.5, 0.6) is 0 Å². The first kappa shape index (κ1) is 21.0. The largest absolute Gasteiger partial charge is 0.393 e. The van der Waals surface area contributed by atoms with Gasteiger partial charge in [-0.2, -0.15) is 0 Å². The fourth-order valence-electron chi connectivity index (χ4n) is 4.18. The monoisotopic (exact) mass is 437 g/mol. The fourth-order valence-corrected chi connectivity index (χ4v) is 4.18. The Bertz CT molecular complexity index is 360. The third kappa shape index (κ3) is 5.76. The van der Waals surface area contributed by atoms with Crippen molar-refractivity contribution in [3.63, 3.8) is 0 Å². The SMILES string of the molecule is CCNC(=NCC1CCCC1O)N1CCC(C(CC)CC)C1.I. The van der Waals surface area contributed by atoms with Crippen LogP contribution >= 0.6 is 24.0 Å². The van der Waals surface area contributed by atoms with Crippen molar-refractivity contribution in [2.24, 2.45) is 22.7 Å². The van der Waals surface area contributed by atoms with Gasteiger partial charge in [-0.25, -0.2) is 0 Å². The number of guanidine groups is 1. The lowest BCUT2D eigenvalue weighted by atomic mass is 9.87. The molecule has 1 saturated heterocycles. The molecule has 1 aliphatic heterocycles. The topological polar surface area (TPSA) is 47.9 Å². The maximum atomic E-state index is 9.97. The highest BCUT2D eigenvalue weighted by molar-refractivity contribution is 14.0. The van der Waals surface area contributed by atoms with Crippen molar-refractivity contribution >= 4 is 29.9 Å². The van der Waals surface area contributed by atoms with Crippen LogP contribution in [0.25, 0.3) is 0 Å². The second kappa shape index (κ2) is 10.7. The molecule has 1 aliphatic carbocycles. The molecular weight excluding hydrogens is 401 g/mol. The van der Waals surface area contributed by atoms with Crippen LogP contribution in [-0.4, -0.2) is 48.2 Å². The summed E-state index contributed by atoms with van der Waals surface area (Å²) in [4.78, 5) is 7.28. The van der Waals surface area contributed by atoms with E-state index in [1.807, 2.05) is 0 Å². The number of hydrogen-bond donors (Lipinski definition) is 2. The highest BCUT2D eigenvalue weighted by Crippen LogP contribution is 2.29. The molecule has 1 saturated carbocycles. The Morgan fingerprint density at radius 1 is 1.22 bits per heavy atom. The van der Waals surface area contributed by atoms with Crippen LogP contribution in [0.1, 0.15) is 59.3 Å². The molecule has 0 spiro atoms. The number of aliphatic hydroxyl groups is 1. The van der Waals surface area contributed by atoms with E-state index in [9.17, 15) is 5.11 Å². The number of halogens is 1. The van der Waals surface area contributed by atoms with Crippen LogP contribution in [0.2, 0.25) is 0 Å². The summed E-state index contributed by atoms with van der Waals surface area (Å²) >= 11 is 0. The lowest BCUT2D eigenvalue weighted by Gasteiger charge is -2.24. The van der Waals surface area contributed by atoms with Gasteiger partial charge in [0.15, 0.2) is 5.96 Å². The van der Waals surface area contributed by atoms with Crippen molar-refractivity contribution in [3.8, 4) is 0 Å². The molecule has 0 radical (unpaired) electrons. The summed E-state index contributed by atoms with van der Waals surface area (Å²) in [6.07, 6.45) is 6.97. The van der Waals surface area contributed by atoms with Gasteiger partial charge in [-0.1, -0.05) is 33.1 Å². The molecule has 2 N–H and O–H groups in total. The average Bonchev–Trinajstić information content (AvgIpc) is 3.15. The van der Waals surface area contributed by atoms with E-state index < -0.39 is 0 Å². The standard InChI is InChI=1S/C18H35N3O.HI/c1-4-14(5-2)16-10-11-21(13-16)18(19-6-3)20-12-15-8-7-9-17(15)22;/h14-17,22H,4-13H2,1-3H3,(H,19,20);1H. The summed E-state index contributed by atoms with van der Waals surface area (Å²) in [5.41, 5.74) is 0. The average molecular weight is 437 g/mol. The first-order valence-electron chi connectivity index (χ1n) is 9.40. The molecule has 136 valence electrons. The predicted molar refractivity (Wildman–Crippen MR) is 108 cm³/mol. The molecular formula is C18H36IN3O. The van der Waals surface area contributed by atoms with Crippen molar-refractivity contribution in [1.82, 2.24) is 10.2 Å². The van der Waals surface area contributed by atoms with E-state index in [0.29, 0.717) is 5.92 Å². The summed E-state index contributed by atoms with van der Waals surface area (Å²) in [6, 6.07) is 0. The number of nitrogens with one attached hydrogen (secondary N) is 1. The minimum absolute atomic E-state index is 0. The van der Waals surface area contributed by atoms with Crippen LogP contribution in [0.4, 0.5) is 0 Å². The van der Waals surface area contributed by atoms with Crippen LogP contribution < -0.4 is 5.32 Å². The zero-order valence-corrected chi connectivity index (χ0v) is 17.5. The van der Waals surface area contributed by atoms with Gasteiger partial charge in [-0.3, -0.25) is 4.99 Å². The first-order valence-corrected chi connectivity index (χ1v) is 9.40. The molecule has 3 unspecified atom stereocenters. The van der Waals surface area contributed by atoms with Gasteiger partial charge in [0.1, 0.15) is 0 Å². The van der Waals surface area contributed by atoms with Crippen LogP contribution in [0.15, 0.2) is 4.99 Å². The Morgan fingerprint density at radius 2 is 1.96 bits per heavy atom. The van der Waals surface area contributed by atoms with Crippen LogP contribution in [0, 0.1) is 17.8 Å². The summed E-state index contributed by atoms with van der Waals surface area (Å²) in [6.45, 7) is 10.7. The third-order valence-corrected chi connectivity index (χ3v) is 5.67. The van der Waals surface area contributed by atoms with Gasteiger partial charge in [0.25, 0.3) is 0 Å². The molecule has 23 heavy (non-hydrogen) atoms. The van der Waals surface area contributed by atoms with E-state index in [1.165, 1.54) is 19.3 Å². The maximum absolute atomic E-state index is 9.97. The molecule has 0 aromatic rings. The molecule has 3 atom stereocenters. The molecule has 0 amide bonds. The van der Waals surface area contributed by atoms with E-state index in [2.05, 4.69) is 31.0 Å². The molecule has 4 nitrogen and oxygen atoms in total. The van der Waals surface area contributed by atoms with Gasteiger partial charge < -0.3 is 15.3 Å². The fraction of sp³-hybridized carbons (Fsp3) is 0.944. The minimum Gasteiger partial charge on any atom is -0.393 e. The third-order valence-electron chi connectivity index (χ3n) is 5.67. The second-order valence-corrected chi connectivity index (χ2v) is 7.02. The number of likely N-dealkylation sites (tertiary alicyclic amines) is 1. The molecule has 0 bridgehead atoms. The number of rotatable bonds is 6. The van der Waals surface area contributed by atoms with Gasteiger partial charge in [0.2, 0.25) is 0 Å². The Morgan fingerprint density at radius 3 is 2.52 bits per heavy atom. The van der Waals surface area contributed by atoms with Gasteiger partial charge in [0.05, 0.1) is 6.10 Å². The minimum atomic E-state index is -0.137. The smallest absolute Gasteiger partial charge is 0.193 e. The lowest BCUT2D eigenvalue weighted by molar-refractivity contribution is 0.136. The number of aliphatic hydroxyl groups excluding tert-OH is 1. The van der Waals surface area contributed by atoms with Crippen LogP contribution in [-0.2, 0) is 0 Å². The molecule has 2 rings (SSSR count). The van der Waals surface area contributed by atoms with Crippen molar-refractivity contribution < 1.29 is 5.11 Å². The highest BCUT2D eigenvalue weighted by Gasteiger charge is 2.30. The normalized spacial score (nSPS) is 28.3. The summed E-state index contributed by atoms with van der Waals surface area (Å²) < 4.78 is 0. The van der Waals surface area contributed by atoms with E-state index in [-0.39, 0.29) is 30.1 Å². The summed E-state index contributed by atoms with van der Waals surface area (Å²) in [5.74, 6) is 3.10. The predicted octanol–water partition coefficient (Wildman–Crippen LogP) is 3.49. The van der Waals surface area contributed by atoms with E-state index in [1.54, 1.807) is 0 Å². The molecule has 2 aliphatic rings. The first-order chi connectivity index (χ1) is 10.7. The maximum Gasteiger partial charge on any atom is 0.193 e. The Kier molecular flexibility index (Phi) is 9.82. The lowest BCUT2D eigenvalue weighted by Crippen LogP contribution is -2.41. The van der Waals surface area contributed by atoms with Crippen molar-refractivity contribution in [2.45, 2.75) is 65.4 Å². The van der Waals surface area contributed by atoms with Crippen molar-refractivity contribution in [1.29, 1.82) is 0 Å². The Hall–Kier alpha value is -0.0400. The van der Waals surface area contributed by atoms with Gasteiger partial charge in [-0.05, 0) is 38.0 Å². The zero-order valence-electron chi connectivity index (χ0n) is 15.1. The van der Waals surface area contributed by atoms with Crippen molar-refractivity contribution in [3.05, 3.63) is 0 Å². The van der Waals surface area contributed by atoms with Crippen molar-refractivity contribution in [2.75, 3.05) is 26.2 Å². The molecule has 5 heteroatoms. The Labute approximate surface area is 159 Å². The van der Waals surface area contributed by atoms with Gasteiger partial charge in [-0.15, -0.1) is 24.0 Å². The number of nitrogens with zero attached hydrogens (tertiary/aromatic N) is 2. The van der Waals surface area contributed by atoms with E-state index in [4.69, 9.17) is 4.99 Å². The summed E-state index contributed by atoms with van der Waals surface area (Å²) in [5, 5.41) is 13.4. The zero-order chi connectivity index (χ0) is 15.9. The summed E-state index contributed by atoms with van der Waals surface area (Å²) in [7, 11) is 0. The van der Waals surface area contributed by atoms with E-state index in [0.717, 1.165) is 63.2 Å². The number of aliphatic imine (C=N–C) groups is 1. The van der Waals surface area contributed by atoms with E-state index >= 15 is 0 Å². The molecule has 1 heterocycles. The quantitative estimate of drug-likeness (QED) is 0.380. The Balaban J connectivity index is 0.00000264. The highest BCUT2D eigenvalue weighted by atomic mass is 127.